The molecule has 1 fully saturated rings. The Kier molecular flexibility index (Phi) is 2.93. The summed E-state index contributed by atoms with van der Waals surface area (Å²) in [4.78, 5) is 0. The summed E-state index contributed by atoms with van der Waals surface area (Å²) < 4.78 is 0. The van der Waals surface area contributed by atoms with Gasteiger partial charge in [0.2, 0.25) is 0 Å². The zero-order valence-electron chi connectivity index (χ0n) is 9.24. The summed E-state index contributed by atoms with van der Waals surface area (Å²) in [5.41, 5.74) is 1.55. The van der Waals surface area contributed by atoms with E-state index < -0.39 is 7.26 Å². The van der Waals surface area contributed by atoms with E-state index in [4.69, 9.17) is 0 Å². The minimum Gasteiger partial charge on any atom is -0.0622 e. The summed E-state index contributed by atoms with van der Waals surface area (Å²) in [7, 11) is -0.598. The van der Waals surface area contributed by atoms with Crippen molar-refractivity contribution in [2.75, 3.05) is 19.0 Å². The van der Waals surface area contributed by atoms with E-state index in [1.165, 1.54) is 24.9 Å². The molecule has 14 heavy (non-hydrogen) atoms. The van der Waals surface area contributed by atoms with Crippen LogP contribution >= 0.6 is 7.26 Å². The van der Waals surface area contributed by atoms with Crippen LogP contribution in [-0.2, 0) is 6.16 Å². The molecule has 0 N–H and O–H groups in total. The molecule has 2 rings (SSSR count). The van der Waals surface area contributed by atoms with Gasteiger partial charge >= 0.3 is 0 Å². The van der Waals surface area contributed by atoms with Gasteiger partial charge in [-0.05, 0) is 17.9 Å². The van der Waals surface area contributed by atoms with Crippen LogP contribution in [0.25, 0.3) is 0 Å². The second-order valence-electron chi connectivity index (χ2n) is 5.06. The van der Waals surface area contributed by atoms with Crippen molar-refractivity contribution in [2.45, 2.75) is 19.5 Å². The summed E-state index contributed by atoms with van der Waals surface area (Å²) >= 11 is 0. The van der Waals surface area contributed by atoms with Crippen LogP contribution in [0, 0.1) is 5.92 Å². The van der Waals surface area contributed by atoms with Gasteiger partial charge in [-0.25, -0.2) is 0 Å². The molecule has 0 amide bonds. The highest BCUT2D eigenvalue weighted by Crippen LogP contribution is 2.64. The minimum absolute atomic E-state index is 0.598. The molecule has 0 spiro atoms. The zero-order valence-corrected chi connectivity index (χ0v) is 10.1. The fourth-order valence-electron chi connectivity index (χ4n) is 2.63. The summed E-state index contributed by atoms with van der Waals surface area (Å²) in [6.45, 7) is 4.97. The van der Waals surface area contributed by atoms with E-state index in [0.717, 1.165) is 5.92 Å². The molecule has 0 nitrogen and oxygen atoms in total. The maximum Gasteiger partial charge on any atom is 0.0840 e. The van der Waals surface area contributed by atoms with Crippen molar-refractivity contribution in [1.29, 1.82) is 0 Å². The van der Waals surface area contributed by atoms with E-state index in [1.54, 1.807) is 5.56 Å². The lowest BCUT2D eigenvalue weighted by atomic mass is 10.2. The van der Waals surface area contributed by atoms with Gasteiger partial charge in [-0.15, -0.1) is 0 Å². The first-order valence-corrected chi connectivity index (χ1v) is 8.35. The Morgan fingerprint density at radius 2 is 2.00 bits per heavy atom. The molecule has 76 valence electrons. The molecule has 2 unspecified atom stereocenters. The van der Waals surface area contributed by atoms with Crippen LogP contribution in [0.5, 0.6) is 0 Å². The van der Waals surface area contributed by atoms with E-state index in [0.29, 0.717) is 0 Å². The highest BCUT2D eigenvalue weighted by molar-refractivity contribution is 7.74. The Bertz CT molecular complexity index is 293. The van der Waals surface area contributed by atoms with Gasteiger partial charge in [0, 0.05) is 13.9 Å². The Morgan fingerprint density at radius 1 is 1.29 bits per heavy atom. The lowest BCUT2D eigenvalue weighted by Gasteiger charge is -2.16. The molecule has 0 aliphatic carbocycles. The van der Waals surface area contributed by atoms with Gasteiger partial charge in [0.05, 0.1) is 18.5 Å². The topological polar surface area (TPSA) is 0 Å². The molecular weight excluding hydrogens is 187 g/mol. The first-order valence-electron chi connectivity index (χ1n) is 5.55. The fourth-order valence-corrected chi connectivity index (χ4v) is 6.95. The van der Waals surface area contributed by atoms with Crippen LogP contribution in [0.4, 0.5) is 0 Å². The highest BCUT2D eigenvalue weighted by atomic mass is 31.2. The Balaban J connectivity index is 2.04. The van der Waals surface area contributed by atoms with Crippen molar-refractivity contribution < 1.29 is 0 Å². The lowest BCUT2D eigenvalue weighted by Crippen LogP contribution is -1.99. The van der Waals surface area contributed by atoms with Crippen LogP contribution in [0.2, 0.25) is 0 Å². The maximum atomic E-state index is 2.56. The van der Waals surface area contributed by atoms with Gasteiger partial charge in [0.25, 0.3) is 0 Å². The van der Waals surface area contributed by atoms with Crippen molar-refractivity contribution in [3.63, 3.8) is 0 Å². The SMILES string of the molecule is CC1CC[P+](C)(Cc2ccccc2)C1. The van der Waals surface area contributed by atoms with Crippen LogP contribution < -0.4 is 0 Å². The van der Waals surface area contributed by atoms with Crippen molar-refractivity contribution in [2.24, 2.45) is 5.92 Å². The number of hydrogen-bond acceptors (Lipinski definition) is 0. The Morgan fingerprint density at radius 3 is 2.57 bits per heavy atom. The molecule has 0 radical (unpaired) electrons. The molecule has 1 aromatic carbocycles. The minimum atomic E-state index is -0.598. The molecule has 1 heterocycles. The molecule has 0 saturated carbocycles. The van der Waals surface area contributed by atoms with Crippen molar-refractivity contribution in [3.05, 3.63) is 35.9 Å². The number of rotatable bonds is 2. The second kappa shape index (κ2) is 4.03. The summed E-state index contributed by atoms with van der Waals surface area (Å²) in [5.74, 6) is 0.983. The van der Waals surface area contributed by atoms with Crippen molar-refractivity contribution in [3.8, 4) is 0 Å². The van der Waals surface area contributed by atoms with E-state index in [1.807, 2.05) is 0 Å². The number of hydrogen-bond donors (Lipinski definition) is 0. The standard InChI is InChI=1S/C13H20P/c1-12-8-9-14(2,10-12)11-13-6-4-3-5-7-13/h3-7,12H,8-11H2,1-2H3/q+1. The van der Waals surface area contributed by atoms with Crippen LogP contribution in [0.15, 0.2) is 30.3 Å². The van der Waals surface area contributed by atoms with Crippen LogP contribution in [0.3, 0.4) is 0 Å². The van der Waals surface area contributed by atoms with E-state index >= 15 is 0 Å². The first kappa shape index (κ1) is 10.2. The van der Waals surface area contributed by atoms with E-state index in [9.17, 15) is 0 Å². The molecule has 1 aliphatic heterocycles. The third-order valence-electron chi connectivity index (χ3n) is 3.32. The summed E-state index contributed by atoms with van der Waals surface area (Å²) in [6, 6.07) is 11.0. The summed E-state index contributed by atoms with van der Waals surface area (Å²) in [6.07, 6.45) is 5.88. The molecular formula is C13H20P+. The molecule has 1 aliphatic rings. The maximum absolute atomic E-state index is 2.56. The van der Waals surface area contributed by atoms with Crippen molar-refractivity contribution in [1.82, 2.24) is 0 Å². The molecule has 1 heteroatoms. The van der Waals surface area contributed by atoms with E-state index in [-0.39, 0.29) is 0 Å². The third kappa shape index (κ3) is 2.36. The molecule has 1 aromatic rings. The smallest absolute Gasteiger partial charge is 0.0622 e. The predicted octanol–water partition coefficient (Wildman–Crippen LogP) is 3.87. The third-order valence-corrected chi connectivity index (χ3v) is 7.29. The van der Waals surface area contributed by atoms with Gasteiger partial charge in [0.1, 0.15) is 0 Å². The predicted molar refractivity (Wildman–Crippen MR) is 66.5 cm³/mol. The van der Waals surface area contributed by atoms with Gasteiger partial charge in [-0.3, -0.25) is 0 Å². The monoisotopic (exact) mass is 207 g/mol. The lowest BCUT2D eigenvalue weighted by molar-refractivity contribution is 0.668. The highest BCUT2D eigenvalue weighted by Gasteiger charge is 2.39. The molecule has 0 aromatic heterocycles. The Labute approximate surface area is 88.1 Å². The van der Waals surface area contributed by atoms with Crippen LogP contribution in [-0.4, -0.2) is 19.0 Å². The van der Waals surface area contributed by atoms with Gasteiger partial charge < -0.3 is 0 Å². The van der Waals surface area contributed by atoms with Gasteiger partial charge in [-0.1, -0.05) is 37.3 Å². The number of benzene rings is 1. The van der Waals surface area contributed by atoms with Crippen LogP contribution in [0.1, 0.15) is 18.9 Å². The van der Waals surface area contributed by atoms with Gasteiger partial charge in [-0.2, -0.15) is 0 Å². The second-order valence-corrected chi connectivity index (χ2v) is 9.43. The van der Waals surface area contributed by atoms with Crippen molar-refractivity contribution >= 4 is 7.26 Å². The molecule has 2 atom stereocenters. The van der Waals surface area contributed by atoms with Gasteiger partial charge in [0.15, 0.2) is 0 Å². The summed E-state index contributed by atoms with van der Waals surface area (Å²) in [5, 5.41) is 0. The average Bonchev–Trinajstić information content (AvgIpc) is 2.47. The normalized spacial score (nSPS) is 32.0. The average molecular weight is 207 g/mol. The largest absolute Gasteiger partial charge is 0.0840 e. The van der Waals surface area contributed by atoms with E-state index in [2.05, 4.69) is 43.9 Å². The first-order chi connectivity index (χ1) is 6.68. The Hall–Kier alpha value is -0.350. The fraction of sp³-hybridized carbons (Fsp3) is 0.538. The zero-order chi connectivity index (χ0) is 10.0. The quantitative estimate of drug-likeness (QED) is 0.646. The molecule has 1 saturated heterocycles. The molecule has 0 bridgehead atoms.